The molecule has 0 aromatic heterocycles. The van der Waals surface area contributed by atoms with Crippen molar-refractivity contribution in [2.45, 2.75) is 32.7 Å². The van der Waals surface area contributed by atoms with Crippen LogP contribution in [0, 0.1) is 6.92 Å². The summed E-state index contributed by atoms with van der Waals surface area (Å²) in [5, 5.41) is 8.06. The predicted octanol–water partition coefficient (Wildman–Crippen LogP) is 1.17. The molecule has 1 aromatic carbocycles. The van der Waals surface area contributed by atoms with Crippen LogP contribution in [0.4, 0.5) is 11.4 Å². The molecule has 6 nitrogen and oxygen atoms in total. The van der Waals surface area contributed by atoms with E-state index in [9.17, 15) is 14.4 Å². The maximum absolute atomic E-state index is 12.0. The lowest BCUT2D eigenvalue weighted by atomic mass is 10.1. The first-order valence-corrected chi connectivity index (χ1v) is 6.44. The van der Waals surface area contributed by atoms with Crippen LogP contribution in [0.15, 0.2) is 18.2 Å². The number of hydrogen-bond acceptors (Lipinski definition) is 3. The van der Waals surface area contributed by atoms with Gasteiger partial charge in [-0.15, -0.1) is 0 Å². The van der Waals surface area contributed by atoms with E-state index in [2.05, 4.69) is 16.0 Å². The number of carbonyl (C=O) groups excluding carboxylic acids is 3. The van der Waals surface area contributed by atoms with E-state index in [1.807, 2.05) is 13.0 Å². The Morgan fingerprint density at radius 2 is 2.05 bits per heavy atom. The van der Waals surface area contributed by atoms with E-state index < -0.39 is 6.04 Å². The fourth-order valence-corrected chi connectivity index (χ4v) is 2.06. The fourth-order valence-electron chi connectivity index (χ4n) is 2.06. The minimum Gasteiger partial charge on any atom is -0.344 e. The molecule has 0 bridgehead atoms. The topological polar surface area (TPSA) is 87.3 Å². The van der Waals surface area contributed by atoms with Crippen LogP contribution in [0.3, 0.4) is 0 Å². The molecule has 1 saturated heterocycles. The zero-order valence-corrected chi connectivity index (χ0v) is 11.4. The van der Waals surface area contributed by atoms with Crippen LogP contribution in [-0.4, -0.2) is 23.8 Å². The Kier molecular flexibility index (Phi) is 4.02. The third-order valence-electron chi connectivity index (χ3n) is 3.13. The standard InChI is InChI=1S/C14H17N3O3/c1-8-3-4-10(7-12(8)15-9(2)18)16-14(20)11-5-6-13(19)17-11/h3-4,7,11H,5-6H2,1-2H3,(H,15,18)(H,16,20)(H,17,19). The number of amides is 3. The molecule has 20 heavy (non-hydrogen) atoms. The zero-order chi connectivity index (χ0) is 14.7. The van der Waals surface area contributed by atoms with E-state index in [0.717, 1.165) is 5.56 Å². The summed E-state index contributed by atoms with van der Waals surface area (Å²) in [4.78, 5) is 34.2. The van der Waals surface area contributed by atoms with Crippen LogP contribution in [0.5, 0.6) is 0 Å². The van der Waals surface area contributed by atoms with Crippen LogP contribution < -0.4 is 16.0 Å². The van der Waals surface area contributed by atoms with Gasteiger partial charge in [-0.25, -0.2) is 0 Å². The van der Waals surface area contributed by atoms with Gasteiger partial charge in [-0.1, -0.05) is 6.07 Å². The average Bonchev–Trinajstić information content (AvgIpc) is 2.79. The number of hydrogen-bond donors (Lipinski definition) is 3. The first-order valence-electron chi connectivity index (χ1n) is 6.44. The molecule has 1 heterocycles. The van der Waals surface area contributed by atoms with Gasteiger partial charge in [0.25, 0.3) is 0 Å². The third kappa shape index (κ3) is 3.34. The number of aryl methyl sites for hydroxylation is 1. The second-order valence-electron chi connectivity index (χ2n) is 4.86. The number of carbonyl (C=O) groups is 3. The monoisotopic (exact) mass is 275 g/mol. The summed E-state index contributed by atoms with van der Waals surface area (Å²) in [6.45, 7) is 3.30. The molecule has 1 aliphatic rings. The van der Waals surface area contributed by atoms with Gasteiger partial charge >= 0.3 is 0 Å². The van der Waals surface area contributed by atoms with Crippen molar-refractivity contribution in [1.29, 1.82) is 0 Å². The molecule has 1 aliphatic heterocycles. The Labute approximate surface area is 116 Å². The molecular weight excluding hydrogens is 258 g/mol. The minimum atomic E-state index is -0.479. The lowest BCUT2D eigenvalue weighted by molar-refractivity contribution is -0.122. The van der Waals surface area contributed by atoms with E-state index in [1.54, 1.807) is 12.1 Å². The zero-order valence-electron chi connectivity index (χ0n) is 11.4. The highest BCUT2D eigenvalue weighted by atomic mass is 16.2. The molecule has 1 atom stereocenters. The molecule has 0 radical (unpaired) electrons. The number of benzene rings is 1. The predicted molar refractivity (Wildman–Crippen MR) is 75.3 cm³/mol. The lowest BCUT2D eigenvalue weighted by Crippen LogP contribution is -2.37. The lowest BCUT2D eigenvalue weighted by Gasteiger charge is -2.13. The summed E-state index contributed by atoms with van der Waals surface area (Å²) < 4.78 is 0. The molecule has 6 heteroatoms. The van der Waals surface area contributed by atoms with E-state index in [4.69, 9.17) is 0 Å². The second kappa shape index (κ2) is 5.73. The maximum Gasteiger partial charge on any atom is 0.246 e. The van der Waals surface area contributed by atoms with Gasteiger partial charge in [-0.05, 0) is 31.0 Å². The summed E-state index contributed by atoms with van der Waals surface area (Å²) in [6.07, 6.45) is 0.887. The molecule has 3 N–H and O–H groups in total. The molecule has 1 aromatic rings. The number of rotatable bonds is 3. The summed E-state index contributed by atoms with van der Waals surface area (Å²) in [6, 6.07) is 4.79. The number of anilines is 2. The Bertz CT molecular complexity index is 569. The van der Waals surface area contributed by atoms with Crippen molar-refractivity contribution >= 4 is 29.1 Å². The normalized spacial score (nSPS) is 17.5. The van der Waals surface area contributed by atoms with Gasteiger partial charge in [0.15, 0.2) is 0 Å². The molecule has 1 unspecified atom stereocenters. The molecule has 106 valence electrons. The van der Waals surface area contributed by atoms with Crippen LogP contribution in [0.2, 0.25) is 0 Å². The van der Waals surface area contributed by atoms with Gasteiger partial charge in [0, 0.05) is 24.7 Å². The molecule has 0 spiro atoms. The Morgan fingerprint density at radius 1 is 1.30 bits per heavy atom. The highest BCUT2D eigenvalue weighted by Gasteiger charge is 2.27. The van der Waals surface area contributed by atoms with E-state index in [0.29, 0.717) is 24.2 Å². The van der Waals surface area contributed by atoms with Crippen molar-refractivity contribution in [2.75, 3.05) is 10.6 Å². The van der Waals surface area contributed by atoms with E-state index in [-0.39, 0.29) is 17.7 Å². The van der Waals surface area contributed by atoms with Crippen molar-refractivity contribution in [3.8, 4) is 0 Å². The largest absolute Gasteiger partial charge is 0.344 e. The average molecular weight is 275 g/mol. The number of nitrogens with one attached hydrogen (secondary N) is 3. The van der Waals surface area contributed by atoms with Crippen LogP contribution in [-0.2, 0) is 14.4 Å². The van der Waals surface area contributed by atoms with Crippen molar-refractivity contribution in [1.82, 2.24) is 5.32 Å². The molecular formula is C14H17N3O3. The smallest absolute Gasteiger partial charge is 0.246 e. The van der Waals surface area contributed by atoms with Gasteiger partial charge in [0.2, 0.25) is 17.7 Å². The highest BCUT2D eigenvalue weighted by molar-refractivity contribution is 5.99. The van der Waals surface area contributed by atoms with Crippen LogP contribution >= 0.6 is 0 Å². The fraction of sp³-hybridized carbons (Fsp3) is 0.357. The van der Waals surface area contributed by atoms with Crippen molar-refractivity contribution in [3.63, 3.8) is 0 Å². The van der Waals surface area contributed by atoms with Crippen LogP contribution in [0.1, 0.15) is 25.3 Å². The van der Waals surface area contributed by atoms with Gasteiger partial charge in [0.1, 0.15) is 6.04 Å². The highest BCUT2D eigenvalue weighted by Crippen LogP contribution is 2.21. The van der Waals surface area contributed by atoms with Crippen molar-refractivity contribution in [2.24, 2.45) is 0 Å². The Hall–Kier alpha value is -2.37. The SMILES string of the molecule is CC(=O)Nc1cc(NC(=O)C2CCC(=O)N2)ccc1C. The molecule has 1 fully saturated rings. The van der Waals surface area contributed by atoms with Gasteiger partial charge < -0.3 is 16.0 Å². The quantitative estimate of drug-likeness (QED) is 0.774. The molecule has 3 amide bonds. The summed E-state index contributed by atoms with van der Waals surface area (Å²) in [5.74, 6) is -0.513. The van der Waals surface area contributed by atoms with Gasteiger partial charge in [-0.3, -0.25) is 14.4 Å². The Morgan fingerprint density at radius 3 is 2.65 bits per heavy atom. The second-order valence-corrected chi connectivity index (χ2v) is 4.86. The summed E-state index contributed by atoms with van der Waals surface area (Å²) in [5.41, 5.74) is 2.16. The van der Waals surface area contributed by atoms with E-state index >= 15 is 0 Å². The van der Waals surface area contributed by atoms with Crippen molar-refractivity contribution < 1.29 is 14.4 Å². The molecule has 0 aliphatic carbocycles. The maximum atomic E-state index is 12.0. The summed E-state index contributed by atoms with van der Waals surface area (Å²) in [7, 11) is 0. The van der Waals surface area contributed by atoms with E-state index in [1.165, 1.54) is 6.92 Å². The third-order valence-corrected chi connectivity index (χ3v) is 3.13. The van der Waals surface area contributed by atoms with Crippen molar-refractivity contribution in [3.05, 3.63) is 23.8 Å². The molecule has 0 saturated carbocycles. The minimum absolute atomic E-state index is 0.104. The van der Waals surface area contributed by atoms with Crippen LogP contribution in [0.25, 0.3) is 0 Å². The first-order chi connectivity index (χ1) is 9.45. The van der Waals surface area contributed by atoms with Gasteiger partial charge in [-0.2, -0.15) is 0 Å². The van der Waals surface area contributed by atoms with Gasteiger partial charge in [0.05, 0.1) is 0 Å². The first kappa shape index (κ1) is 14.0. The summed E-state index contributed by atoms with van der Waals surface area (Å²) >= 11 is 0. The molecule has 2 rings (SSSR count). The Balaban J connectivity index is 2.07.